The largest absolute Gasteiger partial charge is 0.339 e. The van der Waals surface area contributed by atoms with Crippen molar-refractivity contribution >= 4 is 11.5 Å². The predicted octanol–water partition coefficient (Wildman–Crippen LogP) is 2.62. The number of benzene rings is 1. The minimum Gasteiger partial charge on any atom is -0.339 e. The van der Waals surface area contributed by atoms with Gasteiger partial charge in [0, 0.05) is 18.8 Å². The van der Waals surface area contributed by atoms with Crippen LogP contribution in [0, 0.1) is 29.9 Å². The molecule has 0 amide bonds. The lowest BCUT2D eigenvalue weighted by Gasteiger charge is -2.07. The summed E-state index contributed by atoms with van der Waals surface area (Å²) in [5, 5.41) is 15.9. The Balaban J connectivity index is 2.40. The van der Waals surface area contributed by atoms with E-state index >= 15 is 0 Å². The zero-order valence-electron chi connectivity index (χ0n) is 9.83. The molecule has 18 heavy (non-hydrogen) atoms. The maximum atomic E-state index is 13.1. The normalized spacial score (nSPS) is 10.2. The Morgan fingerprint density at radius 1 is 1.33 bits per heavy atom. The lowest BCUT2D eigenvalue weighted by Crippen LogP contribution is -2.01. The summed E-state index contributed by atoms with van der Waals surface area (Å²) in [4.78, 5) is 0. The third kappa shape index (κ3) is 2.02. The van der Waals surface area contributed by atoms with Crippen molar-refractivity contribution < 1.29 is 8.78 Å². The van der Waals surface area contributed by atoms with Crippen molar-refractivity contribution in [3.05, 3.63) is 41.1 Å². The summed E-state index contributed by atoms with van der Waals surface area (Å²) in [6.45, 7) is 1.70. The maximum Gasteiger partial charge on any atom is 0.160 e. The monoisotopic (exact) mass is 248 g/mol. The van der Waals surface area contributed by atoms with E-state index in [9.17, 15) is 8.78 Å². The molecule has 92 valence electrons. The molecule has 0 atom stereocenters. The van der Waals surface area contributed by atoms with Gasteiger partial charge in [0.05, 0.1) is 5.69 Å². The van der Waals surface area contributed by atoms with E-state index in [2.05, 4.69) is 10.4 Å². The standard InChI is InChI=1S/C12H10F2N4/c1-7-9(6-15)12(18(2)17-7)16-8-3-4-10(13)11(14)5-8/h3-5,16H,1-2H3. The van der Waals surface area contributed by atoms with Gasteiger partial charge in [-0.15, -0.1) is 0 Å². The second-order valence-electron chi connectivity index (χ2n) is 3.80. The zero-order chi connectivity index (χ0) is 13.3. The van der Waals surface area contributed by atoms with E-state index in [0.29, 0.717) is 22.8 Å². The average molecular weight is 248 g/mol. The van der Waals surface area contributed by atoms with Crippen LogP contribution in [0.2, 0.25) is 0 Å². The molecule has 0 aliphatic carbocycles. The lowest BCUT2D eigenvalue weighted by molar-refractivity contribution is 0.509. The summed E-state index contributed by atoms with van der Waals surface area (Å²) >= 11 is 0. The summed E-state index contributed by atoms with van der Waals surface area (Å²) in [6.07, 6.45) is 0. The zero-order valence-corrected chi connectivity index (χ0v) is 9.83. The van der Waals surface area contributed by atoms with Crippen LogP contribution in [0.5, 0.6) is 0 Å². The first kappa shape index (κ1) is 12.0. The van der Waals surface area contributed by atoms with Gasteiger partial charge in [0.15, 0.2) is 11.6 Å². The average Bonchev–Trinajstić information content (AvgIpc) is 2.58. The number of halogens is 2. The molecule has 1 heterocycles. The quantitative estimate of drug-likeness (QED) is 0.888. The van der Waals surface area contributed by atoms with Crippen LogP contribution >= 0.6 is 0 Å². The molecule has 1 N–H and O–H groups in total. The van der Waals surface area contributed by atoms with Crippen molar-refractivity contribution in [1.29, 1.82) is 5.26 Å². The van der Waals surface area contributed by atoms with Gasteiger partial charge in [-0.25, -0.2) is 8.78 Å². The molecule has 4 nitrogen and oxygen atoms in total. The van der Waals surface area contributed by atoms with E-state index in [1.54, 1.807) is 14.0 Å². The molecule has 0 spiro atoms. The SMILES string of the molecule is Cc1nn(C)c(Nc2ccc(F)c(F)c2)c1C#N. The minimum atomic E-state index is -0.947. The Hall–Kier alpha value is -2.42. The maximum absolute atomic E-state index is 13.1. The van der Waals surface area contributed by atoms with Crippen molar-refractivity contribution in [3.63, 3.8) is 0 Å². The van der Waals surface area contributed by atoms with Gasteiger partial charge in [-0.05, 0) is 19.1 Å². The second kappa shape index (κ2) is 4.45. The Morgan fingerprint density at radius 3 is 2.67 bits per heavy atom. The lowest BCUT2D eigenvalue weighted by atomic mass is 10.2. The first-order valence-corrected chi connectivity index (χ1v) is 5.18. The first-order valence-electron chi connectivity index (χ1n) is 5.18. The van der Waals surface area contributed by atoms with Gasteiger partial charge in [-0.2, -0.15) is 10.4 Å². The highest BCUT2D eigenvalue weighted by atomic mass is 19.2. The third-order valence-electron chi connectivity index (χ3n) is 2.52. The van der Waals surface area contributed by atoms with Crippen molar-refractivity contribution in [3.8, 4) is 6.07 Å². The van der Waals surface area contributed by atoms with Crippen LogP contribution in [0.4, 0.5) is 20.3 Å². The first-order chi connectivity index (χ1) is 8.52. The van der Waals surface area contributed by atoms with Crippen LogP contribution in [-0.2, 0) is 7.05 Å². The number of hydrogen-bond donors (Lipinski definition) is 1. The van der Waals surface area contributed by atoms with Crippen molar-refractivity contribution in [1.82, 2.24) is 9.78 Å². The van der Waals surface area contributed by atoms with Gasteiger partial charge in [0.1, 0.15) is 17.5 Å². The van der Waals surface area contributed by atoms with Gasteiger partial charge in [-0.3, -0.25) is 4.68 Å². The van der Waals surface area contributed by atoms with Crippen LogP contribution in [0.15, 0.2) is 18.2 Å². The fourth-order valence-electron chi connectivity index (χ4n) is 1.65. The fraction of sp³-hybridized carbons (Fsp3) is 0.167. The molecule has 0 bridgehead atoms. The summed E-state index contributed by atoms with van der Waals surface area (Å²) < 4.78 is 27.3. The smallest absolute Gasteiger partial charge is 0.160 e. The van der Waals surface area contributed by atoms with Gasteiger partial charge < -0.3 is 5.32 Å². The number of nitrogens with zero attached hydrogens (tertiary/aromatic N) is 3. The van der Waals surface area contributed by atoms with Crippen molar-refractivity contribution in [2.24, 2.45) is 7.05 Å². The predicted molar refractivity (Wildman–Crippen MR) is 62.3 cm³/mol. The number of hydrogen-bond acceptors (Lipinski definition) is 3. The number of nitrogens with one attached hydrogen (secondary N) is 1. The van der Waals surface area contributed by atoms with Gasteiger partial charge in [0.2, 0.25) is 0 Å². The molecule has 1 aromatic carbocycles. The Kier molecular flexibility index (Phi) is 2.98. The molecule has 0 radical (unpaired) electrons. The Morgan fingerprint density at radius 2 is 2.06 bits per heavy atom. The molecular formula is C12H10F2N4. The fourth-order valence-corrected chi connectivity index (χ4v) is 1.65. The van der Waals surface area contributed by atoms with Crippen molar-refractivity contribution in [2.45, 2.75) is 6.92 Å². The number of nitriles is 1. The molecule has 0 aliphatic heterocycles. The molecule has 2 rings (SSSR count). The molecule has 0 unspecified atom stereocenters. The van der Waals surface area contributed by atoms with Gasteiger partial charge in [0.25, 0.3) is 0 Å². The number of aromatic nitrogens is 2. The molecule has 6 heteroatoms. The number of aryl methyl sites for hydroxylation is 2. The summed E-state index contributed by atoms with van der Waals surface area (Å²) in [7, 11) is 1.66. The highest BCUT2D eigenvalue weighted by Gasteiger charge is 2.13. The van der Waals surface area contributed by atoms with E-state index in [0.717, 1.165) is 12.1 Å². The van der Waals surface area contributed by atoms with E-state index in [1.807, 2.05) is 6.07 Å². The van der Waals surface area contributed by atoms with Crippen LogP contribution in [-0.4, -0.2) is 9.78 Å². The number of rotatable bonds is 2. The highest BCUT2D eigenvalue weighted by molar-refractivity contribution is 5.64. The molecule has 0 saturated carbocycles. The molecule has 1 aromatic heterocycles. The van der Waals surface area contributed by atoms with Crippen LogP contribution in [0.1, 0.15) is 11.3 Å². The second-order valence-corrected chi connectivity index (χ2v) is 3.80. The van der Waals surface area contributed by atoms with Gasteiger partial charge >= 0.3 is 0 Å². The van der Waals surface area contributed by atoms with Crippen LogP contribution < -0.4 is 5.32 Å². The number of anilines is 2. The van der Waals surface area contributed by atoms with Crippen molar-refractivity contribution in [2.75, 3.05) is 5.32 Å². The summed E-state index contributed by atoms with van der Waals surface area (Å²) in [5.41, 5.74) is 1.31. The minimum absolute atomic E-state index is 0.355. The molecule has 0 fully saturated rings. The molecular weight excluding hydrogens is 238 g/mol. The molecule has 0 aliphatic rings. The van der Waals surface area contributed by atoms with Gasteiger partial charge in [-0.1, -0.05) is 0 Å². The van der Waals surface area contributed by atoms with Crippen LogP contribution in [0.3, 0.4) is 0 Å². The molecule has 2 aromatic rings. The van der Waals surface area contributed by atoms with E-state index in [4.69, 9.17) is 5.26 Å². The summed E-state index contributed by atoms with van der Waals surface area (Å²) in [6, 6.07) is 5.46. The van der Waals surface area contributed by atoms with E-state index < -0.39 is 11.6 Å². The topological polar surface area (TPSA) is 53.6 Å². The van der Waals surface area contributed by atoms with E-state index in [1.165, 1.54) is 10.7 Å². The molecule has 0 saturated heterocycles. The van der Waals surface area contributed by atoms with E-state index in [-0.39, 0.29) is 0 Å². The Bertz CT molecular complexity index is 640. The van der Waals surface area contributed by atoms with Crippen LogP contribution in [0.25, 0.3) is 0 Å². The Labute approximate surface area is 102 Å². The summed E-state index contributed by atoms with van der Waals surface area (Å²) in [5.74, 6) is -1.42. The third-order valence-corrected chi connectivity index (χ3v) is 2.52. The highest BCUT2D eigenvalue weighted by Crippen LogP contribution is 2.23.